The first kappa shape index (κ1) is 17.1. The third-order valence-electron chi connectivity index (χ3n) is 4.27. The van der Waals surface area contributed by atoms with Crippen molar-refractivity contribution in [2.75, 3.05) is 26.2 Å². The molecule has 0 aromatic rings. The van der Waals surface area contributed by atoms with Gasteiger partial charge in [0.2, 0.25) is 0 Å². The lowest BCUT2D eigenvalue weighted by atomic mass is 9.97. The maximum Gasteiger partial charge on any atom is 0.393 e. The molecule has 0 saturated carbocycles. The zero-order chi connectivity index (χ0) is 16.5. The Morgan fingerprint density at radius 1 is 1.27 bits per heavy atom. The number of urea groups is 1. The van der Waals surface area contributed by atoms with Crippen molar-refractivity contribution in [3.8, 4) is 0 Å². The van der Waals surface area contributed by atoms with Crippen LogP contribution in [0.15, 0.2) is 0 Å². The highest BCUT2D eigenvalue weighted by molar-refractivity contribution is 6.06. The van der Waals surface area contributed by atoms with E-state index in [-0.39, 0.29) is 25.4 Å². The van der Waals surface area contributed by atoms with E-state index in [1.54, 1.807) is 18.7 Å². The smallest absolute Gasteiger partial charge is 0.324 e. The van der Waals surface area contributed by atoms with Gasteiger partial charge in [0.1, 0.15) is 5.54 Å². The van der Waals surface area contributed by atoms with E-state index >= 15 is 0 Å². The highest BCUT2D eigenvalue weighted by atomic mass is 19.4. The molecule has 1 unspecified atom stereocenters. The average molecular weight is 321 g/mol. The minimum Gasteiger partial charge on any atom is -0.324 e. The van der Waals surface area contributed by atoms with E-state index in [1.165, 1.54) is 0 Å². The van der Waals surface area contributed by atoms with E-state index in [2.05, 4.69) is 5.32 Å². The third kappa shape index (κ3) is 3.71. The average Bonchev–Trinajstić information content (AvgIpc) is 2.60. The van der Waals surface area contributed by atoms with Crippen molar-refractivity contribution in [2.45, 2.75) is 44.8 Å². The van der Waals surface area contributed by atoms with Gasteiger partial charge in [-0.15, -0.1) is 0 Å². The van der Waals surface area contributed by atoms with Crippen molar-refractivity contribution in [3.05, 3.63) is 0 Å². The van der Waals surface area contributed by atoms with Crippen LogP contribution >= 0.6 is 0 Å². The van der Waals surface area contributed by atoms with E-state index in [9.17, 15) is 22.8 Å². The monoisotopic (exact) mass is 321 g/mol. The van der Waals surface area contributed by atoms with Crippen molar-refractivity contribution >= 4 is 11.9 Å². The van der Waals surface area contributed by atoms with Crippen molar-refractivity contribution in [2.24, 2.45) is 5.92 Å². The van der Waals surface area contributed by atoms with Crippen LogP contribution in [0.5, 0.6) is 0 Å². The highest BCUT2D eigenvalue weighted by Crippen LogP contribution is 2.33. The summed E-state index contributed by atoms with van der Waals surface area (Å²) in [4.78, 5) is 26.6. The molecule has 2 saturated heterocycles. The number of halogens is 3. The van der Waals surface area contributed by atoms with Crippen molar-refractivity contribution in [1.29, 1.82) is 0 Å². The molecule has 126 valence electrons. The van der Waals surface area contributed by atoms with Gasteiger partial charge in [0.25, 0.3) is 5.91 Å². The standard InChI is InChI=1S/C14H22F3N3O2/c1-13(2)11(21)20(12(22)18-13)8-4-7-19-6-3-5-10(9-19)14(15,16)17/h10H,3-9H2,1-2H3,(H,18,22). The normalized spacial score (nSPS) is 26.4. The molecule has 5 nitrogen and oxygen atoms in total. The molecule has 1 atom stereocenters. The van der Waals surface area contributed by atoms with E-state index < -0.39 is 23.7 Å². The molecule has 2 fully saturated rings. The van der Waals surface area contributed by atoms with Crippen LogP contribution in [0, 0.1) is 5.92 Å². The number of hydrogen-bond acceptors (Lipinski definition) is 3. The minimum absolute atomic E-state index is 0.00906. The molecule has 2 aliphatic rings. The van der Waals surface area contributed by atoms with Gasteiger partial charge in [0.05, 0.1) is 5.92 Å². The summed E-state index contributed by atoms with van der Waals surface area (Å²) in [6.07, 6.45) is -2.95. The summed E-state index contributed by atoms with van der Waals surface area (Å²) in [6, 6.07) is -0.429. The van der Waals surface area contributed by atoms with E-state index in [0.29, 0.717) is 25.9 Å². The van der Waals surface area contributed by atoms with Crippen LogP contribution in [-0.4, -0.2) is 59.6 Å². The molecule has 0 aromatic heterocycles. The summed E-state index contributed by atoms with van der Waals surface area (Å²) in [5.41, 5.74) is -0.899. The molecular formula is C14H22F3N3O2. The second-order valence-corrected chi connectivity index (χ2v) is 6.55. The molecule has 0 aliphatic carbocycles. The zero-order valence-electron chi connectivity index (χ0n) is 12.9. The summed E-state index contributed by atoms with van der Waals surface area (Å²) in [6.45, 7) is 4.61. The molecule has 1 N–H and O–H groups in total. The van der Waals surface area contributed by atoms with E-state index in [4.69, 9.17) is 0 Å². The van der Waals surface area contributed by atoms with Gasteiger partial charge in [0, 0.05) is 13.1 Å². The first-order chi connectivity index (χ1) is 10.1. The molecule has 22 heavy (non-hydrogen) atoms. The zero-order valence-corrected chi connectivity index (χ0v) is 12.9. The van der Waals surface area contributed by atoms with Gasteiger partial charge in [-0.25, -0.2) is 4.79 Å². The molecule has 2 aliphatic heterocycles. The topological polar surface area (TPSA) is 52.7 Å². The lowest BCUT2D eigenvalue weighted by Gasteiger charge is -2.33. The molecule has 8 heteroatoms. The van der Waals surface area contributed by atoms with Crippen LogP contribution in [0.4, 0.5) is 18.0 Å². The largest absolute Gasteiger partial charge is 0.393 e. The molecule has 0 radical (unpaired) electrons. The summed E-state index contributed by atoms with van der Waals surface area (Å²) >= 11 is 0. The van der Waals surface area contributed by atoms with Gasteiger partial charge in [-0.1, -0.05) is 0 Å². The Morgan fingerprint density at radius 3 is 2.50 bits per heavy atom. The van der Waals surface area contributed by atoms with Crippen molar-refractivity contribution in [1.82, 2.24) is 15.1 Å². The molecule has 2 heterocycles. The molecule has 0 spiro atoms. The number of nitrogens with zero attached hydrogens (tertiary/aromatic N) is 2. The van der Waals surface area contributed by atoms with Crippen LogP contribution < -0.4 is 5.32 Å². The molecule has 2 rings (SSSR count). The second kappa shape index (κ2) is 6.06. The summed E-state index contributed by atoms with van der Waals surface area (Å²) in [5.74, 6) is -1.55. The summed E-state index contributed by atoms with van der Waals surface area (Å²) in [5, 5.41) is 2.58. The highest BCUT2D eigenvalue weighted by Gasteiger charge is 2.44. The number of rotatable bonds is 4. The Bertz CT molecular complexity index is 451. The Morgan fingerprint density at radius 2 is 1.95 bits per heavy atom. The second-order valence-electron chi connectivity index (χ2n) is 6.55. The summed E-state index contributed by atoms with van der Waals surface area (Å²) < 4.78 is 38.2. The van der Waals surface area contributed by atoms with Crippen LogP contribution in [0.1, 0.15) is 33.1 Å². The van der Waals surface area contributed by atoms with Gasteiger partial charge in [-0.2, -0.15) is 13.2 Å². The lowest BCUT2D eigenvalue weighted by Crippen LogP contribution is -2.43. The maximum absolute atomic E-state index is 12.7. The fourth-order valence-corrected chi connectivity index (χ4v) is 3.00. The number of carbonyl (C=O) groups excluding carboxylic acids is 2. The van der Waals surface area contributed by atoms with Gasteiger partial charge >= 0.3 is 12.2 Å². The number of alkyl halides is 3. The predicted octanol–water partition coefficient (Wildman–Crippen LogP) is 1.98. The van der Waals surface area contributed by atoms with Gasteiger partial charge < -0.3 is 10.2 Å². The van der Waals surface area contributed by atoms with Gasteiger partial charge in [-0.05, 0) is 46.2 Å². The first-order valence-electron chi connectivity index (χ1n) is 7.54. The quantitative estimate of drug-likeness (QED) is 0.806. The first-order valence-corrected chi connectivity index (χ1v) is 7.54. The molecule has 0 aromatic carbocycles. The third-order valence-corrected chi connectivity index (χ3v) is 4.27. The molecule has 0 bridgehead atoms. The van der Waals surface area contributed by atoms with Crippen LogP contribution in [0.2, 0.25) is 0 Å². The number of carbonyl (C=O) groups is 2. The van der Waals surface area contributed by atoms with Crippen molar-refractivity contribution < 1.29 is 22.8 Å². The van der Waals surface area contributed by atoms with Crippen LogP contribution in [0.3, 0.4) is 0 Å². The lowest BCUT2D eigenvalue weighted by molar-refractivity contribution is -0.186. The number of likely N-dealkylation sites (tertiary alicyclic amines) is 1. The Balaban J connectivity index is 1.79. The van der Waals surface area contributed by atoms with E-state index in [0.717, 1.165) is 4.90 Å². The Hall–Kier alpha value is -1.31. The van der Waals surface area contributed by atoms with Crippen LogP contribution in [0.25, 0.3) is 0 Å². The molecular weight excluding hydrogens is 299 g/mol. The predicted molar refractivity (Wildman–Crippen MR) is 74.2 cm³/mol. The number of piperidine rings is 1. The maximum atomic E-state index is 12.7. The number of imide groups is 1. The number of amides is 3. The van der Waals surface area contributed by atoms with Gasteiger partial charge in [-0.3, -0.25) is 9.69 Å². The van der Waals surface area contributed by atoms with E-state index in [1.807, 2.05) is 0 Å². The van der Waals surface area contributed by atoms with Crippen LogP contribution in [-0.2, 0) is 4.79 Å². The van der Waals surface area contributed by atoms with Crippen molar-refractivity contribution in [3.63, 3.8) is 0 Å². The minimum atomic E-state index is -4.15. The number of nitrogens with one attached hydrogen (secondary N) is 1. The summed E-state index contributed by atoms with van der Waals surface area (Å²) in [7, 11) is 0. The SMILES string of the molecule is CC1(C)NC(=O)N(CCCN2CCCC(C(F)(F)F)C2)C1=O. The fourth-order valence-electron chi connectivity index (χ4n) is 3.00. The fraction of sp³-hybridized carbons (Fsp3) is 0.857. The Kier molecular flexibility index (Phi) is 4.70. The van der Waals surface area contributed by atoms with Gasteiger partial charge in [0.15, 0.2) is 0 Å². The molecule has 3 amide bonds. The number of hydrogen-bond donors (Lipinski definition) is 1. The Labute approximate surface area is 127 Å².